The molecule has 0 unspecified atom stereocenters. The van der Waals surface area contributed by atoms with E-state index in [1.165, 1.54) is 12.6 Å². The number of benzene rings is 1. The maximum absolute atomic E-state index is 12.7. The van der Waals surface area contributed by atoms with Gasteiger partial charge in [-0.25, -0.2) is 0 Å². The van der Waals surface area contributed by atoms with Gasteiger partial charge in [0.1, 0.15) is 0 Å². The van der Waals surface area contributed by atoms with Crippen LogP contribution in [0.3, 0.4) is 0 Å². The highest BCUT2D eigenvalue weighted by atomic mass is 32.2. The molecule has 1 aromatic carbocycles. The second-order valence-corrected chi connectivity index (χ2v) is 7.72. The van der Waals surface area contributed by atoms with Gasteiger partial charge in [0, 0.05) is 7.05 Å². The van der Waals surface area contributed by atoms with Crippen LogP contribution in [0.4, 0.5) is 13.2 Å². The molecule has 1 aromatic heterocycles. The molecule has 0 aliphatic rings. The van der Waals surface area contributed by atoms with Crippen LogP contribution in [0.25, 0.3) is 0 Å². The minimum atomic E-state index is -4.57. The number of nitrogens with zero attached hydrogens (tertiary/aromatic N) is 3. The molecule has 1 heterocycles. The number of thioether (sulfide) groups is 1. The van der Waals surface area contributed by atoms with Gasteiger partial charge in [0.25, 0.3) is 0 Å². The Kier molecular flexibility index (Phi) is 6.91. The Morgan fingerprint density at radius 3 is 2.33 bits per heavy atom. The molecule has 0 aliphatic carbocycles. The summed E-state index contributed by atoms with van der Waals surface area (Å²) in [4.78, 5) is 12.1. The minimum Gasteiger partial charge on any atom is -0.349 e. The summed E-state index contributed by atoms with van der Waals surface area (Å²) in [7, 11) is 1.23. The highest BCUT2D eigenvalue weighted by molar-refractivity contribution is 7.99. The third kappa shape index (κ3) is 5.98. The second kappa shape index (κ2) is 8.77. The minimum absolute atomic E-state index is 0.0421. The maximum Gasteiger partial charge on any atom is 0.451 e. The number of hydrogen-bond acceptors (Lipinski definition) is 4. The van der Waals surface area contributed by atoms with Crippen molar-refractivity contribution in [2.75, 3.05) is 5.75 Å². The van der Waals surface area contributed by atoms with Crippen LogP contribution >= 0.6 is 11.8 Å². The molecule has 5 nitrogen and oxygen atoms in total. The van der Waals surface area contributed by atoms with Crippen molar-refractivity contribution in [1.29, 1.82) is 0 Å². The van der Waals surface area contributed by atoms with E-state index < -0.39 is 12.0 Å². The molecule has 0 bridgehead atoms. The predicted molar refractivity (Wildman–Crippen MR) is 98.3 cm³/mol. The lowest BCUT2D eigenvalue weighted by Crippen LogP contribution is -2.28. The van der Waals surface area contributed by atoms with Crippen LogP contribution in [0.5, 0.6) is 0 Å². The quantitative estimate of drug-likeness (QED) is 0.714. The smallest absolute Gasteiger partial charge is 0.349 e. The summed E-state index contributed by atoms with van der Waals surface area (Å²) in [6.07, 6.45) is -3.58. The standard InChI is InChI=1S/C18H23F3N4OS/c1-11(2)9-13-5-7-14(8-6-13)12(3)22-15(26)10-27-17-24-23-16(25(17)4)18(19,20)21/h5-8,11-12H,9-10H2,1-4H3,(H,22,26)/t12-/m0/s1. The molecule has 1 atom stereocenters. The highest BCUT2D eigenvalue weighted by Crippen LogP contribution is 2.29. The molecule has 1 amide bonds. The molecule has 27 heavy (non-hydrogen) atoms. The number of amides is 1. The molecule has 1 N–H and O–H groups in total. The van der Waals surface area contributed by atoms with E-state index in [0.29, 0.717) is 5.92 Å². The summed E-state index contributed by atoms with van der Waals surface area (Å²) < 4.78 is 39.0. The molecule has 0 saturated carbocycles. The number of alkyl halides is 3. The first-order valence-corrected chi connectivity index (χ1v) is 9.54. The van der Waals surface area contributed by atoms with Crippen LogP contribution in [0.2, 0.25) is 0 Å². The van der Waals surface area contributed by atoms with E-state index in [-0.39, 0.29) is 22.9 Å². The number of halogens is 3. The predicted octanol–water partition coefficient (Wildman–Crippen LogP) is 4.00. The van der Waals surface area contributed by atoms with Crippen molar-refractivity contribution >= 4 is 17.7 Å². The Labute approximate surface area is 160 Å². The van der Waals surface area contributed by atoms with Crippen molar-refractivity contribution in [3.63, 3.8) is 0 Å². The van der Waals surface area contributed by atoms with Crippen molar-refractivity contribution in [2.24, 2.45) is 13.0 Å². The maximum atomic E-state index is 12.7. The van der Waals surface area contributed by atoms with E-state index in [4.69, 9.17) is 0 Å². The molecule has 0 radical (unpaired) electrons. The van der Waals surface area contributed by atoms with Gasteiger partial charge in [-0.15, -0.1) is 10.2 Å². The van der Waals surface area contributed by atoms with Crippen LogP contribution in [-0.4, -0.2) is 26.4 Å². The molecule has 2 aromatic rings. The van der Waals surface area contributed by atoms with Gasteiger partial charge in [0.05, 0.1) is 11.8 Å². The van der Waals surface area contributed by atoms with Crippen molar-refractivity contribution in [3.8, 4) is 0 Å². The van der Waals surface area contributed by atoms with E-state index in [0.717, 1.165) is 28.3 Å². The average Bonchev–Trinajstić information content (AvgIpc) is 2.94. The fraction of sp³-hybridized carbons (Fsp3) is 0.500. The summed E-state index contributed by atoms with van der Waals surface area (Å²) in [5.41, 5.74) is 2.21. The SMILES string of the molecule is CC(C)Cc1ccc([C@H](C)NC(=O)CSc2nnc(C(F)(F)F)n2C)cc1. The van der Waals surface area contributed by atoms with Gasteiger partial charge >= 0.3 is 6.18 Å². The van der Waals surface area contributed by atoms with Gasteiger partial charge < -0.3 is 9.88 Å². The van der Waals surface area contributed by atoms with E-state index >= 15 is 0 Å². The fourth-order valence-corrected chi connectivity index (χ4v) is 3.32. The molecule has 2 rings (SSSR count). The van der Waals surface area contributed by atoms with E-state index in [1.54, 1.807) is 0 Å². The molecule has 0 aliphatic heterocycles. The molecular formula is C18H23F3N4OS. The number of carbonyl (C=O) groups is 1. The molecular weight excluding hydrogens is 377 g/mol. The van der Waals surface area contributed by atoms with E-state index in [9.17, 15) is 18.0 Å². The van der Waals surface area contributed by atoms with Crippen LogP contribution in [0.1, 0.15) is 43.8 Å². The average molecular weight is 400 g/mol. The Bertz CT molecular complexity index is 772. The van der Waals surface area contributed by atoms with Crippen LogP contribution in [0.15, 0.2) is 29.4 Å². The van der Waals surface area contributed by atoms with Crippen molar-refractivity contribution in [1.82, 2.24) is 20.1 Å². The summed E-state index contributed by atoms with van der Waals surface area (Å²) in [5.74, 6) is -0.835. The summed E-state index contributed by atoms with van der Waals surface area (Å²) >= 11 is 0.916. The molecule has 0 saturated heterocycles. The number of nitrogens with one attached hydrogen (secondary N) is 1. The largest absolute Gasteiger partial charge is 0.451 e. The number of carbonyl (C=O) groups excluding carboxylic acids is 1. The Morgan fingerprint density at radius 2 is 1.81 bits per heavy atom. The summed E-state index contributed by atoms with van der Waals surface area (Å²) in [6.45, 7) is 6.18. The van der Waals surface area contributed by atoms with Gasteiger partial charge in [-0.1, -0.05) is 49.9 Å². The van der Waals surface area contributed by atoms with Crippen LogP contribution < -0.4 is 5.32 Å². The van der Waals surface area contributed by atoms with Crippen molar-refractivity contribution < 1.29 is 18.0 Å². The monoisotopic (exact) mass is 400 g/mol. The first-order chi connectivity index (χ1) is 12.6. The lowest BCUT2D eigenvalue weighted by Gasteiger charge is -2.15. The van der Waals surface area contributed by atoms with Gasteiger partial charge in [-0.05, 0) is 30.4 Å². The zero-order valence-corrected chi connectivity index (χ0v) is 16.5. The normalized spacial score (nSPS) is 13.0. The van der Waals surface area contributed by atoms with E-state index in [1.807, 2.05) is 31.2 Å². The summed E-state index contributed by atoms with van der Waals surface area (Å²) in [5, 5.41) is 9.53. The zero-order chi connectivity index (χ0) is 20.2. The highest BCUT2D eigenvalue weighted by Gasteiger charge is 2.37. The molecule has 0 spiro atoms. The van der Waals surface area contributed by atoms with Crippen LogP contribution in [0, 0.1) is 5.92 Å². The second-order valence-electron chi connectivity index (χ2n) is 6.78. The Hall–Kier alpha value is -2.03. The first kappa shape index (κ1) is 21.3. The molecule has 9 heteroatoms. The van der Waals surface area contributed by atoms with Gasteiger partial charge in [-0.2, -0.15) is 13.2 Å². The third-order valence-corrected chi connectivity index (χ3v) is 4.94. The first-order valence-electron chi connectivity index (χ1n) is 8.55. The lowest BCUT2D eigenvalue weighted by atomic mass is 10.00. The van der Waals surface area contributed by atoms with Crippen molar-refractivity contribution in [2.45, 2.75) is 44.6 Å². The van der Waals surface area contributed by atoms with Gasteiger partial charge in [0.15, 0.2) is 5.16 Å². The van der Waals surface area contributed by atoms with E-state index in [2.05, 4.69) is 29.4 Å². The topological polar surface area (TPSA) is 59.8 Å². The zero-order valence-electron chi connectivity index (χ0n) is 15.7. The van der Waals surface area contributed by atoms with Crippen molar-refractivity contribution in [3.05, 3.63) is 41.2 Å². The van der Waals surface area contributed by atoms with Gasteiger partial charge in [-0.3, -0.25) is 4.79 Å². The number of aromatic nitrogens is 3. The Morgan fingerprint density at radius 1 is 1.19 bits per heavy atom. The third-order valence-electron chi connectivity index (χ3n) is 3.92. The lowest BCUT2D eigenvalue weighted by molar-refractivity contribution is -0.147. The summed E-state index contributed by atoms with van der Waals surface area (Å²) in [6, 6.07) is 7.86. The number of rotatable bonds is 7. The number of hydrogen-bond donors (Lipinski definition) is 1. The molecule has 148 valence electrons. The van der Waals surface area contributed by atoms with Crippen LogP contribution in [-0.2, 0) is 24.4 Å². The molecule has 0 fully saturated rings. The fourth-order valence-electron chi connectivity index (χ4n) is 2.60. The van der Waals surface area contributed by atoms with Gasteiger partial charge in [0.2, 0.25) is 11.7 Å². The Balaban J connectivity index is 1.89.